The number of aromatic nitrogens is 2. The maximum Gasteiger partial charge on any atom is 0.223 e. The molecular weight excluding hydrogens is 290 g/mol. The standard InChI is InChI=1S/C18H23N3O2/c1-14-5-3-4-6-15(14)7-8-18(22)20-11-16-9-10-19-21(16)13-17(12-20)23-2/h3-6,9-10,17H,7-8,11-13H2,1-2H3/t17-/m0/s1. The van der Waals surface area contributed by atoms with Crippen molar-refractivity contribution in [1.82, 2.24) is 14.7 Å². The average molecular weight is 313 g/mol. The monoisotopic (exact) mass is 313 g/mol. The van der Waals surface area contributed by atoms with E-state index >= 15 is 0 Å². The van der Waals surface area contributed by atoms with E-state index in [1.807, 2.05) is 27.8 Å². The number of aryl methyl sites for hydroxylation is 2. The molecule has 0 saturated carbocycles. The maximum absolute atomic E-state index is 12.7. The van der Waals surface area contributed by atoms with Gasteiger partial charge in [0.25, 0.3) is 0 Å². The fourth-order valence-corrected chi connectivity index (χ4v) is 3.04. The van der Waals surface area contributed by atoms with Crippen molar-refractivity contribution in [1.29, 1.82) is 0 Å². The van der Waals surface area contributed by atoms with Crippen LogP contribution in [0.15, 0.2) is 36.5 Å². The van der Waals surface area contributed by atoms with Crippen molar-refractivity contribution < 1.29 is 9.53 Å². The molecule has 23 heavy (non-hydrogen) atoms. The molecule has 1 aromatic heterocycles. The molecule has 2 heterocycles. The Bertz CT molecular complexity index is 680. The highest BCUT2D eigenvalue weighted by molar-refractivity contribution is 5.76. The normalized spacial score (nSPS) is 17.7. The summed E-state index contributed by atoms with van der Waals surface area (Å²) in [4.78, 5) is 14.6. The molecule has 0 unspecified atom stereocenters. The van der Waals surface area contributed by atoms with Gasteiger partial charge in [-0.2, -0.15) is 5.10 Å². The molecule has 3 rings (SSSR count). The van der Waals surface area contributed by atoms with Crippen molar-refractivity contribution in [3.63, 3.8) is 0 Å². The van der Waals surface area contributed by atoms with Gasteiger partial charge in [-0.3, -0.25) is 9.48 Å². The molecule has 2 aromatic rings. The Labute approximate surface area is 136 Å². The van der Waals surface area contributed by atoms with Crippen LogP contribution in [0.3, 0.4) is 0 Å². The third-order valence-electron chi connectivity index (χ3n) is 4.51. The van der Waals surface area contributed by atoms with E-state index in [1.165, 1.54) is 11.1 Å². The zero-order valence-electron chi connectivity index (χ0n) is 13.7. The van der Waals surface area contributed by atoms with E-state index < -0.39 is 0 Å². The molecule has 1 aliphatic rings. The Hall–Kier alpha value is -2.14. The van der Waals surface area contributed by atoms with Crippen LogP contribution in [0.2, 0.25) is 0 Å². The van der Waals surface area contributed by atoms with E-state index in [9.17, 15) is 4.79 Å². The molecule has 5 heteroatoms. The Morgan fingerprint density at radius 2 is 2.13 bits per heavy atom. The summed E-state index contributed by atoms with van der Waals surface area (Å²) < 4.78 is 7.44. The van der Waals surface area contributed by atoms with Gasteiger partial charge < -0.3 is 9.64 Å². The van der Waals surface area contributed by atoms with E-state index in [4.69, 9.17) is 4.74 Å². The van der Waals surface area contributed by atoms with Crippen molar-refractivity contribution in [2.45, 2.75) is 39.0 Å². The Kier molecular flexibility index (Phi) is 4.76. The minimum absolute atomic E-state index is 0.0152. The van der Waals surface area contributed by atoms with Crippen molar-refractivity contribution >= 4 is 5.91 Å². The van der Waals surface area contributed by atoms with E-state index in [0.717, 1.165) is 12.1 Å². The number of carbonyl (C=O) groups excluding carboxylic acids is 1. The van der Waals surface area contributed by atoms with Gasteiger partial charge in [-0.15, -0.1) is 0 Å². The smallest absolute Gasteiger partial charge is 0.223 e. The molecule has 0 spiro atoms. The molecule has 1 amide bonds. The summed E-state index contributed by atoms with van der Waals surface area (Å²) in [5, 5.41) is 4.31. The lowest BCUT2D eigenvalue weighted by atomic mass is 10.0. The number of fused-ring (bicyclic) bond motifs is 1. The van der Waals surface area contributed by atoms with Gasteiger partial charge in [0.2, 0.25) is 5.91 Å². The minimum atomic E-state index is -0.0152. The molecule has 1 aliphatic heterocycles. The first-order valence-electron chi connectivity index (χ1n) is 8.03. The lowest BCUT2D eigenvalue weighted by molar-refractivity contribution is -0.133. The summed E-state index contributed by atoms with van der Waals surface area (Å²) in [6.07, 6.45) is 3.07. The molecule has 0 N–H and O–H groups in total. The van der Waals surface area contributed by atoms with E-state index in [0.29, 0.717) is 26.1 Å². The van der Waals surface area contributed by atoms with Crippen LogP contribution in [0.25, 0.3) is 0 Å². The number of hydrogen-bond donors (Lipinski definition) is 0. The number of hydrogen-bond acceptors (Lipinski definition) is 3. The van der Waals surface area contributed by atoms with Crippen LogP contribution in [-0.4, -0.2) is 40.3 Å². The second-order valence-electron chi connectivity index (χ2n) is 6.06. The Morgan fingerprint density at radius 1 is 1.30 bits per heavy atom. The van der Waals surface area contributed by atoms with Gasteiger partial charge in [0.1, 0.15) is 0 Å². The Morgan fingerprint density at radius 3 is 2.91 bits per heavy atom. The molecule has 5 nitrogen and oxygen atoms in total. The number of methoxy groups -OCH3 is 1. The highest BCUT2D eigenvalue weighted by atomic mass is 16.5. The van der Waals surface area contributed by atoms with Crippen molar-refractivity contribution in [2.75, 3.05) is 13.7 Å². The zero-order chi connectivity index (χ0) is 16.2. The largest absolute Gasteiger partial charge is 0.378 e. The predicted molar refractivity (Wildman–Crippen MR) is 87.9 cm³/mol. The fraction of sp³-hybridized carbons (Fsp3) is 0.444. The third kappa shape index (κ3) is 3.62. The predicted octanol–water partition coefficient (Wildman–Crippen LogP) is 2.18. The summed E-state index contributed by atoms with van der Waals surface area (Å²) in [6, 6.07) is 10.2. The van der Waals surface area contributed by atoms with Crippen LogP contribution in [0, 0.1) is 6.92 Å². The van der Waals surface area contributed by atoms with Crippen molar-refractivity contribution in [3.8, 4) is 0 Å². The molecular formula is C18H23N3O2. The highest BCUT2D eigenvalue weighted by Crippen LogP contribution is 2.16. The SMILES string of the molecule is CO[C@H]1CN(C(=O)CCc2ccccc2C)Cc2ccnn2C1. The first-order chi connectivity index (χ1) is 11.2. The van der Waals surface area contributed by atoms with Crippen LogP contribution in [0.1, 0.15) is 23.2 Å². The second-order valence-corrected chi connectivity index (χ2v) is 6.06. The van der Waals surface area contributed by atoms with Gasteiger partial charge >= 0.3 is 0 Å². The highest BCUT2D eigenvalue weighted by Gasteiger charge is 2.25. The van der Waals surface area contributed by atoms with Crippen LogP contribution in [0.5, 0.6) is 0 Å². The van der Waals surface area contributed by atoms with E-state index in [2.05, 4.69) is 24.2 Å². The average Bonchev–Trinajstić information content (AvgIpc) is 2.91. The van der Waals surface area contributed by atoms with Crippen LogP contribution in [-0.2, 0) is 29.0 Å². The molecule has 0 radical (unpaired) electrons. The fourth-order valence-electron chi connectivity index (χ4n) is 3.04. The summed E-state index contributed by atoms with van der Waals surface area (Å²) in [5.41, 5.74) is 3.54. The van der Waals surface area contributed by atoms with Gasteiger partial charge in [0, 0.05) is 26.3 Å². The van der Waals surface area contributed by atoms with Crippen molar-refractivity contribution in [3.05, 3.63) is 53.3 Å². The molecule has 1 aromatic carbocycles. The van der Waals surface area contributed by atoms with Crippen LogP contribution >= 0.6 is 0 Å². The number of carbonyl (C=O) groups is 1. The molecule has 1 atom stereocenters. The van der Waals surface area contributed by atoms with E-state index in [-0.39, 0.29) is 12.0 Å². The van der Waals surface area contributed by atoms with Crippen molar-refractivity contribution in [2.24, 2.45) is 0 Å². The van der Waals surface area contributed by atoms with Gasteiger partial charge in [-0.25, -0.2) is 0 Å². The summed E-state index contributed by atoms with van der Waals surface area (Å²) in [5.74, 6) is 0.171. The maximum atomic E-state index is 12.7. The summed E-state index contributed by atoms with van der Waals surface area (Å²) in [6.45, 7) is 4.00. The second kappa shape index (κ2) is 6.96. The first-order valence-corrected chi connectivity index (χ1v) is 8.03. The third-order valence-corrected chi connectivity index (χ3v) is 4.51. The van der Waals surface area contributed by atoms with Crippen LogP contribution < -0.4 is 0 Å². The Balaban J connectivity index is 1.68. The van der Waals surface area contributed by atoms with Gasteiger partial charge in [0.15, 0.2) is 0 Å². The molecule has 122 valence electrons. The zero-order valence-corrected chi connectivity index (χ0v) is 13.7. The van der Waals surface area contributed by atoms with Gasteiger partial charge in [-0.05, 0) is 30.5 Å². The molecule has 0 bridgehead atoms. The first kappa shape index (κ1) is 15.7. The number of amides is 1. The van der Waals surface area contributed by atoms with Crippen LogP contribution in [0.4, 0.5) is 0 Å². The number of rotatable bonds is 4. The van der Waals surface area contributed by atoms with E-state index in [1.54, 1.807) is 13.3 Å². The quantitative estimate of drug-likeness (QED) is 0.869. The minimum Gasteiger partial charge on any atom is -0.378 e. The molecule has 0 saturated heterocycles. The molecule has 0 fully saturated rings. The number of nitrogens with zero attached hydrogens (tertiary/aromatic N) is 3. The van der Waals surface area contributed by atoms with Gasteiger partial charge in [0.05, 0.1) is 24.9 Å². The topological polar surface area (TPSA) is 47.4 Å². The van der Waals surface area contributed by atoms with Gasteiger partial charge in [-0.1, -0.05) is 24.3 Å². The molecule has 0 aliphatic carbocycles. The number of benzene rings is 1. The lowest BCUT2D eigenvalue weighted by Gasteiger charge is -2.23. The summed E-state index contributed by atoms with van der Waals surface area (Å²) >= 11 is 0. The summed E-state index contributed by atoms with van der Waals surface area (Å²) in [7, 11) is 1.69. The lowest BCUT2D eigenvalue weighted by Crippen LogP contribution is -2.37. The number of ether oxygens (including phenoxy) is 1.